The summed E-state index contributed by atoms with van der Waals surface area (Å²) in [6, 6.07) is 0.958. The summed E-state index contributed by atoms with van der Waals surface area (Å²) < 4.78 is 76.7. The number of aliphatic hydroxyl groups is 1. The number of carbonyl (C=O) groups excluding carboxylic acids is 1. The van der Waals surface area contributed by atoms with E-state index in [4.69, 9.17) is 0 Å². The van der Waals surface area contributed by atoms with Crippen molar-refractivity contribution in [2.24, 2.45) is 0 Å². The van der Waals surface area contributed by atoms with E-state index in [1.165, 1.54) is 0 Å². The quantitative estimate of drug-likeness (QED) is 0.610. The van der Waals surface area contributed by atoms with Crippen LogP contribution in [0.2, 0.25) is 0 Å². The van der Waals surface area contributed by atoms with E-state index >= 15 is 0 Å². The Balaban J connectivity index is 2.14. The molecule has 0 radical (unpaired) electrons. The molecular formula is C17H17F6NO2. The third kappa shape index (κ3) is 5.76. The van der Waals surface area contributed by atoms with Crippen LogP contribution in [0.5, 0.6) is 0 Å². The number of alkyl halides is 6. The lowest BCUT2D eigenvalue weighted by molar-refractivity contribution is -0.143. The van der Waals surface area contributed by atoms with E-state index in [-0.39, 0.29) is 17.7 Å². The summed E-state index contributed by atoms with van der Waals surface area (Å²) >= 11 is 0. The van der Waals surface area contributed by atoms with Crippen LogP contribution in [0.3, 0.4) is 0 Å². The second-order valence-corrected chi connectivity index (χ2v) is 6.19. The summed E-state index contributed by atoms with van der Waals surface area (Å²) in [6.07, 6.45) is -6.30. The summed E-state index contributed by atoms with van der Waals surface area (Å²) in [6.45, 7) is 0. The van der Waals surface area contributed by atoms with E-state index in [0.717, 1.165) is 12.2 Å². The maximum Gasteiger partial charge on any atom is 0.416 e. The Bertz CT molecular complexity index is 641. The van der Waals surface area contributed by atoms with Gasteiger partial charge in [-0.2, -0.15) is 26.3 Å². The molecule has 1 aromatic carbocycles. The highest BCUT2D eigenvalue weighted by Crippen LogP contribution is 2.36. The fraction of sp³-hybridized carbons (Fsp3) is 0.471. The number of carbonyl (C=O) groups is 1. The average molecular weight is 381 g/mol. The first-order chi connectivity index (χ1) is 11.9. The Morgan fingerprint density at radius 1 is 0.962 bits per heavy atom. The third-order valence-corrected chi connectivity index (χ3v) is 4.08. The van der Waals surface area contributed by atoms with Crippen LogP contribution < -0.4 is 5.32 Å². The molecule has 144 valence electrons. The lowest BCUT2D eigenvalue weighted by Crippen LogP contribution is -2.37. The Morgan fingerprint density at radius 3 is 1.92 bits per heavy atom. The van der Waals surface area contributed by atoms with E-state index in [2.05, 4.69) is 5.32 Å². The first-order valence-electron chi connectivity index (χ1n) is 7.91. The lowest BCUT2D eigenvalue weighted by Gasteiger charge is -2.25. The number of hydrogen-bond acceptors (Lipinski definition) is 2. The van der Waals surface area contributed by atoms with E-state index in [9.17, 15) is 36.2 Å². The fourth-order valence-corrected chi connectivity index (χ4v) is 2.72. The maximum absolute atomic E-state index is 12.8. The molecule has 2 N–H and O–H groups in total. The molecule has 2 rings (SSSR count). The molecule has 1 fully saturated rings. The smallest absolute Gasteiger partial charge is 0.393 e. The van der Waals surface area contributed by atoms with Crippen molar-refractivity contribution in [1.82, 2.24) is 5.32 Å². The molecular weight excluding hydrogens is 364 g/mol. The minimum atomic E-state index is -4.94. The second-order valence-electron chi connectivity index (χ2n) is 6.19. The number of benzene rings is 1. The predicted octanol–water partition coefficient (Wildman–Crippen LogP) is 4.16. The van der Waals surface area contributed by atoms with Gasteiger partial charge in [0, 0.05) is 12.1 Å². The standard InChI is InChI=1S/C17H17F6NO2/c18-16(19,20)11-7-10(8-12(9-11)17(21,22)23)1-6-15(26)24-13-2-4-14(25)5-3-13/h1,6-9,13-14,25H,2-5H2,(H,24,26). The van der Waals surface area contributed by atoms with Gasteiger partial charge in [-0.3, -0.25) is 4.79 Å². The number of rotatable bonds is 3. The number of nitrogens with one attached hydrogen (secondary N) is 1. The maximum atomic E-state index is 12.8. The topological polar surface area (TPSA) is 49.3 Å². The van der Waals surface area contributed by atoms with Crippen LogP contribution in [0.1, 0.15) is 42.4 Å². The minimum absolute atomic E-state index is 0.0325. The second kappa shape index (κ2) is 7.69. The summed E-state index contributed by atoms with van der Waals surface area (Å²) in [5, 5.41) is 12.0. The van der Waals surface area contributed by atoms with Crippen molar-refractivity contribution < 1.29 is 36.2 Å². The third-order valence-electron chi connectivity index (χ3n) is 4.08. The molecule has 0 atom stereocenters. The number of aliphatic hydroxyl groups excluding tert-OH is 1. The van der Waals surface area contributed by atoms with Crippen molar-refractivity contribution in [3.05, 3.63) is 41.0 Å². The van der Waals surface area contributed by atoms with E-state index in [1.807, 2.05) is 0 Å². The highest BCUT2D eigenvalue weighted by Gasteiger charge is 2.36. The monoisotopic (exact) mass is 381 g/mol. The Kier molecular flexibility index (Phi) is 6.00. The van der Waals surface area contributed by atoms with Crippen LogP contribution in [-0.2, 0) is 17.1 Å². The van der Waals surface area contributed by atoms with Crippen molar-refractivity contribution in [2.75, 3.05) is 0 Å². The van der Waals surface area contributed by atoms with Gasteiger partial charge in [-0.25, -0.2) is 0 Å². The summed E-state index contributed by atoms with van der Waals surface area (Å²) in [7, 11) is 0. The van der Waals surface area contributed by atoms with Gasteiger partial charge < -0.3 is 10.4 Å². The van der Waals surface area contributed by atoms with Gasteiger partial charge in [0.25, 0.3) is 0 Å². The highest BCUT2D eigenvalue weighted by molar-refractivity contribution is 5.92. The van der Waals surface area contributed by atoms with E-state index in [1.54, 1.807) is 0 Å². The molecule has 0 saturated heterocycles. The molecule has 0 spiro atoms. The molecule has 26 heavy (non-hydrogen) atoms. The van der Waals surface area contributed by atoms with Crippen LogP contribution in [-0.4, -0.2) is 23.2 Å². The minimum Gasteiger partial charge on any atom is -0.393 e. The molecule has 0 aromatic heterocycles. The van der Waals surface area contributed by atoms with Crippen molar-refractivity contribution in [2.45, 2.75) is 50.2 Å². The fourth-order valence-electron chi connectivity index (χ4n) is 2.72. The summed E-state index contributed by atoms with van der Waals surface area (Å²) in [5.41, 5.74) is -3.25. The van der Waals surface area contributed by atoms with Gasteiger partial charge in [0.05, 0.1) is 17.2 Å². The average Bonchev–Trinajstić information content (AvgIpc) is 2.53. The number of hydrogen-bond donors (Lipinski definition) is 2. The van der Waals surface area contributed by atoms with Gasteiger partial charge in [0.15, 0.2) is 0 Å². The van der Waals surface area contributed by atoms with Gasteiger partial charge in [0.2, 0.25) is 5.91 Å². The zero-order valence-corrected chi connectivity index (χ0v) is 13.5. The van der Waals surface area contributed by atoms with Crippen LogP contribution >= 0.6 is 0 Å². The molecule has 1 aliphatic rings. The van der Waals surface area contributed by atoms with Gasteiger partial charge >= 0.3 is 12.4 Å². The molecule has 1 aliphatic carbocycles. The first-order valence-corrected chi connectivity index (χ1v) is 7.91. The zero-order chi connectivity index (χ0) is 19.5. The molecule has 9 heteroatoms. The Hall–Kier alpha value is -2.03. The molecule has 1 saturated carbocycles. The first kappa shape index (κ1) is 20.3. The van der Waals surface area contributed by atoms with Crippen LogP contribution in [0.15, 0.2) is 24.3 Å². The highest BCUT2D eigenvalue weighted by atomic mass is 19.4. The van der Waals surface area contributed by atoms with Crippen molar-refractivity contribution in [3.63, 3.8) is 0 Å². The van der Waals surface area contributed by atoms with Crippen LogP contribution in [0.4, 0.5) is 26.3 Å². The molecule has 0 unspecified atom stereocenters. The summed E-state index contributed by atoms with van der Waals surface area (Å²) in [5.74, 6) is -0.614. The number of halogens is 6. The summed E-state index contributed by atoms with van der Waals surface area (Å²) in [4.78, 5) is 11.8. The van der Waals surface area contributed by atoms with Crippen molar-refractivity contribution >= 4 is 12.0 Å². The predicted molar refractivity (Wildman–Crippen MR) is 81.9 cm³/mol. The van der Waals surface area contributed by atoms with Gasteiger partial charge in [-0.15, -0.1) is 0 Å². The van der Waals surface area contributed by atoms with Crippen LogP contribution in [0, 0.1) is 0 Å². The van der Waals surface area contributed by atoms with E-state index < -0.39 is 35.5 Å². The zero-order valence-electron chi connectivity index (χ0n) is 13.5. The molecule has 1 amide bonds. The molecule has 0 bridgehead atoms. The molecule has 1 aromatic rings. The SMILES string of the molecule is O=C(C=Cc1cc(C(F)(F)F)cc(C(F)(F)F)c1)NC1CCC(O)CC1. The Morgan fingerprint density at radius 2 is 1.46 bits per heavy atom. The van der Waals surface area contributed by atoms with Gasteiger partial charge in [0.1, 0.15) is 0 Å². The van der Waals surface area contributed by atoms with E-state index in [0.29, 0.717) is 37.8 Å². The van der Waals surface area contributed by atoms with Gasteiger partial charge in [-0.05, 0) is 55.5 Å². The Labute approximate surface area is 145 Å². The van der Waals surface area contributed by atoms with Crippen LogP contribution in [0.25, 0.3) is 6.08 Å². The molecule has 3 nitrogen and oxygen atoms in total. The van der Waals surface area contributed by atoms with Crippen molar-refractivity contribution in [3.8, 4) is 0 Å². The largest absolute Gasteiger partial charge is 0.416 e. The molecule has 0 heterocycles. The molecule has 0 aliphatic heterocycles. The number of amides is 1. The van der Waals surface area contributed by atoms with Gasteiger partial charge in [-0.1, -0.05) is 0 Å². The van der Waals surface area contributed by atoms with Crippen molar-refractivity contribution in [1.29, 1.82) is 0 Å². The normalized spacial score (nSPS) is 21.8. The lowest BCUT2D eigenvalue weighted by atomic mass is 9.93.